The first-order chi connectivity index (χ1) is 10.8. The third-order valence-electron chi connectivity index (χ3n) is 3.43. The van der Waals surface area contributed by atoms with Crippen molar-refractivity contribution in [3.05, 3.63) is 71.3 Å². The highest BCUT2D eigenvalue weighted by Gasteiger charge is 2.26. The van der Waals surface area contributed by atoms with Crippen LogP contribution >= 0.6 is 0 Å². The molecule has 2 aromatic carbocycles. The zero-order valence-electron chi connectivity index (χ0n) is 12.2. The van der Waals surface area contributed by atoms with E-state index in [1.54, 1.807) is 42.5 Å². The minimum atomic E-state index is -3.42. The second-order valence-electron chi connectivity index (χ2n) is 5.25. The molecule has 1 aliphatic rings. The third kappa shape index (κ3) is 3.07. The molecule has 0 saturated carbocycles. The number of rotatable bonds is 3. The van der Waals surface area contributed by atoms with E-state index in [2.05, 4.69) is 4.72 Å². The fourth-order valence-corrected chi connectivity index (χ4v) is 3.05. The van der Waals surface area contributed by atoms with Crippen LogP contribution in [0.1, 0.15) is 26.3 Å². The van der Waals surface area contributed by atoms with Crippen molar-refractivity contribution in [2.45, 2.75) is 0 Å². The summed E-state index contributed by atoms with van der Waals surface area (Å²) in [5.74, 6) is -0.492. The van der Waals surface area contributed by atoms with Crippen molar-refractivity contribution in [2.75, 3.05) is 11.0 Å². The number of allylic oxidation sites excluding steroid dienone is 2. The van der Waals surface area contributed by atoms with Crippen molar-refractivity contribution in [3.63, 3.8) is 0 Å². The number of hydrogen-bond acceptors (Lipinski definition) is 4. The Labute approximate surface area is 133 Å². The summed E-state index contributed by atoms with van der Waals surface area (Å²) in [6.07, 6.45) is 2.34. The summed E-state index contributed by atoms with van der Waals surface area (Å²) in [4.78, 5) is 24.8. The van der Waals surface area contributed by atoms with Gasteiger partial charge in [-0.25, -0.2) is 8.42 Å². The zero-order chi connectivity index (χ0) is 16.6. The SMILES string of the molecule is CS(=O)(=O)Nc1cccc(C2=CC(=O)c3ccccc3C2=O)c1. The molecule has 0 radical (unpaired) electrons. The number of carbonyl (C=O) groups is 2. The molecule has 0 heterocycles. The van der Waals surface area contributed by atoms with Gasteiger partial charge in [0.25, 0.3) is 0 Å². The van der Waals surface area contributed by atoms with E-state index in [0.29, 0.717) is 22.4 Å². The number of Topliss-reactive ketones (excluding diaryl/α,β-unsaturated/α-hetero) is 1. The summed E-state index contributed by atoms with van der Waals surface area (Å²) in [6, 6.07) is 13.0. The molecule has 0 bridgehead atoms. The normalized spacial score (nSPS) is 14.2. The highest BCUT2D eigenvalue weighted by atomic mass is 32.2. The molecule has 0 amide bonds. The lowest BCUT2D eigenvalue weighted by atomic mass is 9.86. The van der Waals surface area contributed by atoms with Crippen LogP contribution in [0.2, 0.25) is 0 Å². The number of hydrogen-bond donors (Lipinski definition) is 1. The third-order valence-corrected chi connectivity index (χ3v) is 4.04. The van der Waals surface area contributed by atoms with Crippen molar-refractivity contribution in [3.8, 4) is 0 Å². The Morgan fingerprint density at radius 2 is 1.61 bits per heavy atom. The maximum Gasteiger partial charge on any atom is 0.229 e. The molecule has 6 heteroatoms. The summed E-state index contributed by atoms with van der Waals surface area (Å²) in [6.45, 7) is 0. The van der Waals surface area contributed by atoms with Crippen molar-refractivity contribution in [2.24, 2.45) is 0 Å². The lowest BCUT2D eigenvalue weighted by Gasteiger charge is -2.15. The van der Waals surface area contributed by atoms with Crippen LogP contribution in [0.4, 0.5) is 5.69 Å². The Kier molecular flexibility index (Phi) is 3.61. The first kappa shape index (κ1) is 15.2. The minimum absolute atomic E-state index is 0.239. The maximum absolute atomic E-state index is 12.6. The molecule has 0 spiro atoms. The first-order valence-corrected chi connectivity index (χ1v) is 8.72. The maximum atomic E-state index is 12.6. The van der Waals surface area contributed by atoms with Crippen molar-refractivity contribution in [1.29, 1.82) is 0 Å². The summed E-state index contributed by atoms with van der Waals surface area (Å²) in [7, 11) is -3.42. The van der Waals surface area contributed by atoms with E-state index >= 15 is 0 Å². The Hall–Kier alpha value is -2.73. The second kappa shape index (κ2) is 5.48. The van der Waals surface area contributed by atoms with Crippen molar-refractivity contribution < 1.29 is 18.0 Å². The molecule has 23 heavy (non-hydrogen) atoms. The molecule has 1 aliphatic carbocycles. The van der Waals surface area contributed by atoms with Crippen LogP contribution in [-0.4, -0.2) is 26.2 Å². The quantitative estimate of drug-likeness (QED) is 0.939. The van der Waals surface area contributed by atoms with Gasteiger partial charge in [-0.15, -0.1) is 0 Å². The number of benzene rings is 2. The van der Waals surface area contributed by atoms with E-state index in [1.165, 1.54) is 12.1 Å². The molecule has 116 valence electrons. The first-order valence-electron chi connectivity index (χ1n) is 6.83. The molecule has 0 aromatic heterocycles. The molecule has 0 unspecified atom stereocenters. The summed E-state index contributed by atoms with van der Waals surface area (Å²) >= 11 is 0. The van der Waals surface area contributed by atoms with Crippen LogP contribution in [0.3, 0.4) is 0 Å². The number of fused-ring (bicyclic) bond motifs is 1. The smallest absolute Gasteiger partial charge is 0.229 e. The van der Waals surface area contributed by atoms with Crippen LogP contribution in [0.15, 0.2) is 54.6 Å². The van der Waals surface area contributed by atoms with Gasteiger partial charge in [-0.2, -0.15) is 0 Å². The Bertz CT molecular complexity index is 958. The van der Waals surface area contributed by atoms with Gasteiger partial charge in [-0.3, -0.25) is 14.3 Å². The molecule has 1 N–H and O–H groups in total. The molecular weight excluding hydrogens is 314 g/mol. The number of nitrogens with one attached hydrogen (secondary N) is 1. The van der Waals surface area contributed by atoms with Crippen LogP contribution in [0, 0.1) is 0 Å². The molecule has 3 rings (SSSR count). The molecular formula is C17H13NO4S. The molecule has 2 aromatic rings. The van der Waals surface area contributed by atoms with E-state index in [4.69, 9.17) is 0 Å². The van der Waals surface area contributed by atoms with Crippen molar-refractivity contribution >= 4 is 32.9 Å². The minimum Gasteiger partial charge on any atom is -0.289 e. The van der Waals surface area contributed by atoms with E-state index in [1.807, 2.05) is 0 Å². The Balaban J connectivity index is 2.05. The van der Waals surface area contributed by atoms with Gasteiger partial charge in [0.15, 0.2) is 11.6 Å². The van der Waals surface area contributed by atoms with Gasteiger partial charge < -0.3 is 0 Å². The fraction of sp³-hybridized carbons (Fsp3) is 0.0588. The van der Waals surface area contributed by atoms with E-state index < -0.39 is 10.0 Å². The van der Waals surface area contributed by atoms with Gasteiger partial charge in [0.1, 0.15) is 0 Å². The molecule has 0 fully saturated rings. The number of carbonyl (C=O) groups excluding carboxylic acids is 2. The molecule has 5 nitrogen and oxygen atoms in total. The molecule has 0 atom stereocenters. The van der Waals surface area contributed by atoms with Gasteiger partial charge >= 0.3 is 0 Å². The summed E-state index contributed by atoms with van der Waals surface area (Å²) in [5.41, 5.74) is 1.82. The van der Waals surface area contributed by atoms with E-state index in [0.717, 1.165) is 6.26 Å². The summed E-state index contributed by atoms with van der Waals surface area (Å²) in [5, 5.41) is 0. The van der Waals surface area contributed by atoms with Crippen LogP contribution in [-0.2, 0) is 10.0 Å². The Morgan fingerprint density at radius 3 is 2.30 bits per heavy atom. The van der Waals surface area contributed by atoms with E-state index in [-0.39, 0.29) is 17.1 Å². The zero-order valence-corrected chi connectivity index (χ0v) is 13.1. The number of ketones is 2. The topological polar surface area (TPSA) is 80.3 Å². The second-order valence-corrected chi connectivity index (χ2v) is 7.00. The lowest BCUT2D eigenvalue weighted by Crippen LogP contribution is -2.16. The van der Waals surface area contributed by atoms with E-state index in [9.17, 15) is 18.0 Å². The van der Waals surface area contributed by atoms with Crippen molar-refractivity contribution in [1.82, 2.24) is 0 Å². The van der Waals surface area contributed by atoms with Gasteiger partial charge in [0.05, 0.1) is 6.26 Å². The average Bonchev–Trinajstić information content (AvgIpc) is 2.49. The number of sulfonamides is 1. The lowest BCUT2D eigenvalue weighted by molar-refractivity contribution is 0.100. The van der Waals surface area contributed by atoms with Crippen LogP contribution in [0.5, 0.6) is 0 Å². The highest BCUT2D eigenvalue weighted by Crippen LogP contribution is 2.29. The van der Waals surface area contributed by atoms with Crippen LogP contribution < -0.4 is 4.72 Å². The monoisotopic (exact) mass is 327 g/mol. The predicted molar refractivity (Wildman–Crippen MR) is 88.0 cm³/mol. The molecule has 0 aliphatic heterocycles. The summed E-state index contributed by atoms with van der Waals surface area (Å²) < 4.78 is 25.0. The largest absolute Gasteiger partial charge is 0.289 e. The van der Waals surface area contributed by atoms with Gasteiger partial charge in [-0.1, -0.05) is 36.4 Å². The average molecular weight is 327 g/mol. The van der Waals surface area contributed by atoms with Gasteiger partial charge in [0.2, 0.25) is 10.0 Å². The fourth-order valence-electron chi connectivity index (χ4n) is 2.49. The standard InChI is InChI=1S/C17H13NO4S/c1-23(21,22)18-12-6-4-5-11(9-12)15-10-16(19)13-7-2-3-8-14(13)17(15)20/h2-10,18H,1H3. The number of anilines is 1. The van der Waals surface area contributed by atoms with Crippen LogP contribution in [0.25, 0.3) is 5.57 Å². The Morgan fingerprint density at radius 1 is 0.913 bits per heavy atom. The van der Waals surface area contributed by atoms with Gasteiger partial charge in [-0.05, 0) is 23.8 Å². The highest BCUT2D eigenvalue weighted by molar-refractivity contribution is 7.92. The molecule has 0 saturated heterocycles. The van der Waals surface area contributed by atoms with Gasteiger partial charge in [0, 0.05) is 22.4 Å². The predicted octanol–water partition coefficient (Wildman–Crippen LogP) is 2.52.